The highest BCUT2D eigenvalue weighted by atomic mass is 16.2. The highest BCUT2D eigenvalue weighted by Gasteiger charge is 2.20. The molecule has 1 fully saturated rings. The van der Waals surface area contributed by atoms with Crippen molar-refractivity contribution >= 4 is 17.5 Å². The van der Waals surface area contributed by atoms with E-state index < -0.39 is 0 Å². The van der Waals surface area contributed by atoms with Gasteiger partial charge in [-0.05, 0) is 6.92 Å². The van der Waals surface area contributed by atoms with E-state index in [9.17, 15) is 4.79 Å². The van der Waals surface area contributed by atoms with Crippen LogP contribution < -0.4 is 10.2 Å². The average molecular weight is 277 g/mol. The number of nitrogens with zero attached hydrogens (tertiary/aromatic N) is 4. The highest BCUT2D eigenvalue weighted by Crippen LogP contribution is 2.18. The van der Waals surface area contributed by atoms with Gasteiger partial charge in [0.1, 0.15) is 17.5 Å². The Morgan fingerprint density at radius 2 is 1.95 bits per heavy atom. The summed E-state index contributed by atoms with van der Waals surface area (Å²) in [6.07, 6.45) is 0.819. The van der Waals surface area contributed by atoms with E-state index in [0.29, 0.717) is 0 Å². The Bertz CT molecular complexity index is 469. The lowest BCUT2D eigenvalue weighted by molar-refractivity contribution is -0.129. The summed E-state index contributed by atoms with van der Waals surface area (Å²) in [5, 5.41) is 3.25. The first-order valence-electron chi connectivity index (χ1n) is 7.26. The van der Waals surface area contributed by atoms with E-state index in [0.717, 1.165) is 56.6 Å². The third-order valence-corrected chi connectivity index (χ3v) is 3.48. The summed E-state index contributed by atoms with van der Waals surface area (Å²) in [4.78, 5) is 24.5. The van der Waals surface area contributed by atoms with E-state index in [-0.39, 0.29) is 5.91 Å². The number of nitrogens with one attached hydrogen (secondary N) is 1. The number of aromatic nitrogens is 2. The molecule has 110 valence electrons. The molecule has 1 aliphatic heterocycles. The average Bonchev–Trinajstić information content (AvgIpc) is 2.47. The van der Waals surface area contributed by atoms with E-state index in [4.69, 9.17) is 0 Å². The second-order valence-corrected chi connectivity index (χ2v) is 4.90. The maximum absolute atomic E-state index is 11.4. The van der Waals surface area contributed by atoms with Crippen LogP contribution in [0.25, 0.3) is 0 Å². The number of hydrogen-bond donors (Lipinski definition) is 1. The zero-order chi connectivity index (χ0) is 14.5. The maximum Gasteiger partial charge on any atom is 0.219 e. The summed E-state index contributed by atoms with van der Waals surface area (Å²) >= 11 is 0. The van der Waals surface area contributed by atoms with Crippen LogP contribution in [0.2, 0.25) is 0 Å². The van der Waals surface area contributed by atoms with Crippen molar-refractivity contribution in [2.75, 3.05) is 42.9 Å². The molecule has 0 radical (unpaired) electrons. The molecule has 0 saturated carbocycles. The first kappa shape index (κ1) is 14.6. The minimum atomic E-state index is 0.148. The van der Waals surface area contributed by atoms with Crippen LogP contribution >= 0.6 is 0 Å². The molecule has 1 N–H and O–H groups in total. The van der Waals surface area contributed by atoms with Gasteiger partial charge in [0.2, 0.25) is 5.91 Å². The molecule has 0 aliphatic carbocycles. The van der Waals surface area contributed by atoms with Gasteiger partial charge in [-0.1, -0.05) is 6.92 Å². The van der Waals surface area contributed by atoms with E-state index in [1.807, 2.05) is 11.0 Å². The van der Waals surface area contributed by atoms with Gasteiger partial charge in [-0.15, -0.1) is 0 Å². The molecular formula is C14H23N5O. The fourth-order valence-electron chi connectivity index (χ4n) is 2.33. The van der Waals surface area contributed by atoms with Gasteiger partial charge >= 0.3 is 0 Å². The topological polar surface area (TPSA) is 61.4 Å². The van der Waals surface area contributed by atoms with Crippen molar-refractivity contribution in [2.45, 2.75) is 27.2 Å². The van der Waals surface area contributed by atoms with Crippen LogP contribution in [0.15, 0.2) is 6.07 Å². The fraction of sp³-hybridized carbons (Fsp3) is 0.643. The SMILES string of the molecule is CCNc1cc(N2CCN(C(C)=O)CC2)nc(CC)n1. The second kappa shape index (κ2) is 6.54. The molecule has 6 nitrogen and oxygen atoms in total. The summed E-state index contributed by atoms with van der Waals surface area (Å²) in [5.41, 5.74) is 0. The summed E-state index contributed by atoms with van der Waals surface area (Å²) in [6.45, 7) is 9.75. The molecule has 20 heavy (non-hydrogen) atoms. The largest absolute Gasteiger partial charge is 0.370 e. The molecule has 2 rings (SSSR count). The first-order chi connectivity index (χ1) is 9.63. The summed E-state index contributed by atoms with van der Waals surface area (Å²) in [6, 6.07) is 1.99. The van der Waals surface area contributed by atoms with Crippen molar-refractivity contribution in [1.29, 1.82) is 0 Å². The van der Waals surface area contributed by atoms with Gasteiger partial charge in [0.15, 0.2) is 0 Å². The Morgan fingerprint density at radius 3 is 2.50 bits per heavy atom. The Labute approximate surface area is 120 Å². The number of aryl methyl sites for hydroxylation is 1. The van der Waals surface area contributed by atoms with Crippen LogP contribution in [0.1, 0.15) is 26.6 Å². The van der Waals surface area contributed by atoms with Crippen molar-refractivity contribution < 1.29 is 4.79 Å². The number of amides is 1. The van der Waals surface area contributed by atoms with Gasteiger partial charge in [0, 0.05) is 52.1 Å². The third-order valence-electron chi connectivity index (χ3n) is 3.48. The van der Waals surface area contributed by atoms with Crippen LogP contribution in [-0.2, 0) is 11.2 Å². The lowest BCUT2D eigenvalue weighted by Crippen LogP contribution is -2.48. The number of carbonyl (C=O) groups is 1. The van der Waals surface area contributed by atoms with Gasteiger partial charge in [-0.3, -0.25) is 4.79 Å². The standard InChI is InChI=1S/C14H23N5O/c1-4-12-16-13(15-5-2)10-14(17-12)19-8-6-18(7-9-19)11(3)20/h10H,4-9H2,1-3H3,(H,15,16,17). The Hall–Kier alpha value is -1.85. The molecule has 1 aromatic heterocycles. The number of piperazine rings is 1. The van der Waals surface area contributed by atoms with Crippen molar-refractivity contribution in [3.63, 3.8) is 0 Å². The quantitative estimate of drug-likeness (QED) is 0.894. The number of carbonyl (C=O) groups excluding carboxylic acids is 1. The lowest BCUT2D eigenvalue weighted by Gasteiger charge is -2.35. The molecule has 1 amide bonds. The predicted molar refractivity (Wildman–Crippen MR) is 80.0 cm³/mol. The normalized spacial score (nSPS) is 15.3. The summed E-state index contributed by atoms with van der Waals surface area (Å²) in [5.74, 6) is 2.83. The third kappa shape index (κ3) is 3.37. The number of anilines is 2. The Kier molecular flexibility index (Phi) is 4.76. The van der Waals surface area contributed by atoms with E-state index in [1.54, 1.807) is 6.92 Å². The molecule has 6 heteroatoms. The van der Waals surface area contributed by atoms with Gasteiger partial charge in [0.25, 0.3) is 0 Å². The number of rotatable bonds is 4. The predicted octanol–water partition coefficient (Wildman–Crippen LogP) is 1.14. The van der Waals surface area contributed by atoms with Crippen molar-refractivity contribution in [2.24, 2.45) is 0 Å². The molecule has 0 unspecified atom stereocenters. The maximum atomic E-state index is 11.4. The van der Waals surface area contributed by atoms with Crippen LogP contribution in [0.5, 0.6) is 0 Å². The molecule has 0 atom stereocenters. The lowest BCUT2D eigenvalue weighted by atomic mass is 10.3. The Balaban J connectivity index is 2.12. The molecule has 0 spiro atoms. The van der Waals surface area contributed by atoms with Crippen LogP contribution in [0.4, 0.5) is 11.6 Å². The number of hydrogen-bond acceptors (Lipinski definition) is 5. The highest BCUT2D eigenvalue weighted by molar-refractivity contribution is 5.73. The van der Waals surface area contributed by atoms with Crippen LogP contribution in [0, 0.1) is 0 Å². The van der Waals surface area contributed by atoms with Crippen molar-refractivity contribution in [3.05, 3.63) is 11.9 Å². The van der Waals surface area contributed by atoms with Crippen molar-refractivity contribution in [3.8, 4) is 0 Å². The molecule has 1 saturated heterocycles. The molecule has 0 bridgehead atoms. The second-order valence-electron chi connectivity index (χ2n) is 4.90. The molecule has 2 heterocycles. The minimum absolute atomic E-state index is 0.148. The smallest absolute Gasteiger partial charge is 0.219 e. The Morgan fingerprint density at radius 1 is 1.25 bits per heavy atom. The van der Waals surface area contributed by atoms with Crippen LogP contribution in [0.3, 0.4) is 0 Å². The minimum Gasteiger partial charge on any atom is -0.370 e. The van der Waals surface area contributed by atoms with E-state index >= 15 is 0 Å². The van der Waals surface area contributed by atoms with Gasteiger partial charge in [0.05, 0.1) is 0 Å². The zero-order valence-electron chi connectivity index (χ0n) is 12.5. The van der Waals surface area contributed by atoms with Gasteiger partial charge < -0.3 is 15.1 Å². The van der Waals surface area contributed by atoms with Gasteiger partial charge in [-0.2, -0.15) is 0 Å². The first-order valence-corrected chi connectivity index (χ1v) is 7.26. The van der Waals surface area contributed by atoms with Gasteiger partial charge in [-0.25, -0.2) is 9.97 Å². The molecule has 1 aromatic rings. The molecule has 0 aromatic carbocycles. The van der Waals surface area contributed by atoms with Crippen LogP contribution in [-0.4, -0.2) is 53.5 Å². The summed E-state index contributed by atoms with van der Waals surface area (Å²) < 4.78 is 0. The van der Waals surface area contributed by atoms with Crippen molar-refractivity contribution in [1.82, 2.24) is 14.9 Å². The molecular weight excluding hydrogens is 254 g/mol. The van der Waals surface area contributed by atoms with E-state index in [2.05, 4.69) is 34.0 Å². The van der Waals surface area contributed by atoms with E-state index in [1.165, 1.54) is 0 Å². The summed E-state index contributed by atoms with van der Waals surface area (Å²) in [7, 11) is 0. The molecule has 1 aliphatic rings. The zero-order valence-corrected chi connectivity index (χ0v) is 12.5. The fourth-order valence-corrected chi connectivity index (χ4v) is 2.33. The monoisotopic (exact) mass is 277 g/mol.